The van der Waals surface area contributed by atoms with Gasteiger partial charge < -0.3 is 5.73 Å². The highest BCUT2D eigenvalue weighted by atomic mass is 15.1. The molecular weight excluding hydrogens is 222 g/mol. The molecule has 3 nitrogen and oxygen atoms in total. The van der Waals surface area contributed by atoms with Crippen molar-refractivity contribution in [2.45, 2.75) is 44.4 Å². The van der Waals surface area contributed by atoms with Gasteiger partial charge in [-0.2, -0.15) is 5.10 Å². The van der Waals surface area contributed by atoms with E-state index in [1.54, 1.807) is 0 Å². The average Bonchev–Trinajstić information content (AvgIpc) is 2.81. The number of nitrogens with zero attached hydrogens (tertiary/aromatic N) is 1. The number of nitrogens with one attached hydrogen (secondary N) is 1. The Balaban J connectivity index is 2.08. The molecule has 2 aromatic rings. The van der Waals surface area contributed by atoms with Crippen LogP contribution in [0, 0.1) is 6.92 Å². The summed E-state index contributed by atoms with van der Waals surface area (Å²) in [5, 5.41) is 8.59. The molecule has 1 saturated carbocycles. The Morgan fingerprint density at radius 1 is 1.28 bits per heavy atom. The Kier molecular flexibility index (Phi) is 2.86. The number of nitrogens with two attached hydrogens (primary N) is 1. The van der Waals surface area contributed by atoms with Gasteiger partial charge in [-0.25, -0.2) is 0 Å². The van der Waals surface area contributed by atoms with Crippen LogP contribution in [0.15, 0.2) is 18.2 Å². The van der Waals surface area contributed by atoms with E-state index in [0.717, 1.165) is 17.8 Å². The summed E-state index contributed by atoms with van der Waals surface area (Å²) in [6, 6.07) is 6.65. The first-order chi connectivity index (χ1) is 8.75. The Labute approximate surface area is 108 Å². The van der Waals surface area contributed by atoms with Gasteiger partial charge in [0.25, 0.3) is 0 Å². The molecule has 1 aromatic heterocycles. The standard InChI is InChI=1S/C15H21N3/c1-11-13-9-12(5-6-14(13)18-17-11)15(10-16)7-3-2-4-8-15/h5-6,9H,2-4,7-8,10,16H2,1H3,(H,17,18). The van der Waals surface area contributed by atoms with Gasteiger partial charge in [-0.3, -0.25) is 5.10 Å². The van der Waals surface area contributed by atoms with Crippen LogP contribution in [0.5, 0.6) is 0 Å². The molecule has 3 rings (SSSR count). The van der Waals surface area contributed by atoms with Crippen LogP contribution in [0.1, 0.15) is 43.4 Å². The number of aromatic amines is 1. The van der Waals surface area contributed by atoms with Gasteiger partial charge in [-0.1, -0.05) is 25.3 Å². The predicted molar refractivity (Wildman–Crippen MR) is 74.6 cm³/mol. The van der Waals surface area contributed by atoms with Gasteiger partial charge in [0, 0.05) is 23.0 Å². The summed E-state index contributed by atoms with van der Waals surface area (Å²) in [6.45, 7) is 2.84. The molecule has 1 aromatic carbocycles. The summed E-state index contributed by atoms with van der Waals surface area (Å²) in [4.78, 5) is 0. The fourth-order valence-corrected chi connectivity index (χ4v) is 3.31. The highest BCUT2D eigenvalue weighted by Crippen LogP contribution is 2.39. The van der Waals surface area contributed by atoms with E-state index in [2.05, 4.69) is 35.3 Å². The summed E-state index contributed by atoms with van der Waals surface area (Å²) in [6.07, 6.45) is 6.42. The first-order valence-corrected chi connectivity index (χ1v) is 6.90. The van der Waals surface area contributed by atoms with Crippen molar-refractivity contribution in [2.75, 3.05) is 6.54 Å². The largest absolute Gasteiger partial charge is 0.330 e. The van der Waals surface area contributed by atoms with Crippen LogP contribution < -0.4 is 5.73 Å². The van der Waals surface area contributed by atoms with Crippen molar-refractivity contribution in [3.63, 3.8) is 0 Å². The molecule has 1 heterocycles. The van der Waals surface area contributed by atoms with Gasteiger partial charge in [0.2, 0.25) is 0 Å². The van der Waals surface area contributed by atoms with Gasteiger partial charge >= 0.3 is 0 Å². The maximum Gasteiger partial charge on any atom is 0.0923 e. The molecule has 0 saturated heterocycles. The maximum absolute atomic E-state index is 6.10. The minimum absolute atomic E-state index is 0.205. The van der Waals surface area contributed by atoms with Gasteiger partial charge in [-0.05, 0) is 37.5 Å². The second kappa shape index (κ2) is 4.39. The smallest absolute Gasteiger partial charge is 0.0923 e. The Morgan fingerprint density at radius 2 is 2.06 bits per heavy atom. The van der Waals surface area contributed by atoms with E-state index in [1.165, 1.54) is 43.1 Å². The SMILES string of the molecule is Cc1[nH]nc2ccc(C3(CN)CCCCC3)cc12. The Morgan fingerprint density at radius 3 is 2.78 bits per heavy atom. The zero-order chi connectivity index (χ0) is 12.6. The molecule has 1 aliphatic carbocycles. The number of fused-ring (bicyclic) bond motifs is 1. The predicted octanol–water partition coefficient (Wildman–Crippen LogP) is 3.03. The fourth-order valence-electron chi connectivity index (χ4n) is 3.31. The lowest BCUT2D eigenvalue weighted by Gasteiger charge is -2.36. The molecule has 0 unspecified atom stereocenters. The fraction of sp³-hybridized carbons (Fsp3) is 0.533. The minimum atomic E-state index is 0.205. The van der Waals surface area contributed by atoms with E-state index in [9.17, 15) is 0 Å². The third-order valence-electron chi connectivity index (χ3n) is 4.56. The van der Waals surface area contributed by atoms with Crippen LogP contribution in [0.25, 0.3) is 10.9 Å². The summed E-state index contributed by atoms with van der Waals surface area (Å²) in [5.41, 5.74) is 9.92. The number of aromatic nitrogens is 2. The number of hydrogen-bond donors (Lipinski definition) is 2. The lowest BCUT2D eigenvalue weighted by atomic mass is 9.69. The zero-order valence-electron chi connectivity index (χ0n) is 11.0. The molecule has 18 heavy (non-hydrogen) atoms. The second-order valence-corrected chi connectivity index (χ2v) is 5.63. The van der Waals surface area contributed by atoms with E-state index in [-0.39, 0.29) is 5.41 Å². The molecular formula is C15H21N3. The molecule has 0 amide bonds. The third-order valence-corrected chi connectivity index (χ3v) is 4.56. The Hall–Kier alpha value is -1.35. The molecule has 0 aliphatic heterocycles. The van der Waals surface area contributed by atoms with Crippen molar-refractivity contribution >= 4 is 10.9 Å². The summed E-state index contributed by atoms with van der Waals surface area (Å²) in [5.74, 6) is 0. The van der Waals surface area contributed by atoms with Gasteiger partial charge in [0.1, 0.15) is 0 Å². The molecule has 96 valence electrons. The van der Waals surface area contributed by atoms with E-state index in [4.69, 9.17) is 5.73 Å². The highest BCUT2D eigenvalue weighted by molar-refractivity contribution is 5.82. The molecule has 0 atom stereocenters. The summed E-state index contributed by atoms with van der Waals surface area (Å²) >= 11 is 0. The zero-order valence-corrected chi connectivity index (χ0v) is 11.0. The molecule has 3 N–H and O–H groups in total. The van der Waals surface area contributed by atoms with Crippen molar-refractivity contribution in [2.24, 2.45) is 5.73 Å². The van der Waals surface area contributed by atoms with Crippen LogP contribution in [0.2, 0.25) is 0 Å². The summed E-state index contributed by atoms with van der Waals surface area (Å²) in [7, 11) is 0. The number of H-pyrrole nitrogens is 1. The molecule has 0 spiro atoms. The third kappa shape index (κ3) is 1.74. The number of hydrogen-bond acceptors (Lipinski definition) is 2. The van der Waals surface area contributed by atoms with Crippen LogP contribution in [0.4, 0.5) is 0 Å². The second-order valence-electron chi connectivity index (χ2n) is 5.63. The van der Waals surface area contributed by atoms with E-state index in [0.29, 0.717) is 0 Å². The van der Waals surface area contributed by atoms with Crippen LogP contribution in [0.3, 0.4) is 0 Å². The van der Waals surface area contributed by atoms with Gasteiger partial charge in [-0.15, -0.1) is 0 Å². The lowest BCUT2D eigenvalue weighted by molar-refractivity contribution is 0.301. The number of aryl methyl sites for hydroxylation is 1. The van der Waals surface area contributed by atoms with Crippen molar-refractivity contribution in [1.82, 2.24) is 10.2 Å². The van der Waals surface area contributed by atoms with E-state index >= 15 is 0 Å². The average molecular weight is 243 g/mol. The monoisotopic (exact) mass is 243 g/mol. The van der Waals surface area contributed by atoms with E-state index in [1.807, 2.05) is 0 Å². The lowest BCUT2D eigenvalue weighted by Crippen LogP contribution is -2.37. The van der Waals surface area contributed by atoms with Crippen LogP contribution in [-0.4, -0.2) is 16.7 Å². The molecule has 1 aliphatic rings. The summed E-state index contributed by atoms with van der Waals surface area (Å²) < 4.78 is 0. The number of rotatable bonds is 2. The number of benzene rings is 1. The van der Waals surface area contributed by atoms with Crippen molar-refractivity contribution in [1.29, 1.82) is 0 Å². The molecule has 1 fully saturated rings. The maximum atomic E-state index is 6.10. The molecule has 3 heteroatoms. The minimum Gasteiger partial charge on any atom is -0.330 e. The van der Waals surface area contributed by atoms with Crippen LogP contribution in [-0.2, 0) is 5.41 Å². The van der Waals surface area contributed by atoms with Crippen LogP contribution >= 0.6 is 0 Å². The molecule has 0 radical (unpaired) electrons. The topological polar surface area (TPSA) is 54.7 Å². The normalized spacial score (nSPS) is 19.2. The van der Waals surface area contributed by atoms with Gasteiger partial charge in [0.15, 0.2) is 0 Å². The van der Waals surface area contributed by atoms with Crippen molar-refractivity contribution < 1.29 is 0 Å². The van der Waals surface area contributed by atoms with Gasteiger partial charge in [0.05, 0.1) is 5.52 Å². The first kappa shape index (κ1) is 11.7. The quantitative estimate of drug-likeness (QED) is 0.851. The van der Waals surface area contributed by atoms with E-state index < -0.39 is 0 Å². The van der Waals surface area contributed by atoms with Crippen molar-refractivity contribution in [3.8, 4) is 0 Å². The highest BCUT2D eigenvalue weighted by Gasteiger charge is 2.32. The first-order valence-electron chi connectivity index (χ1n) is 6.90. The molecule has 0 bridgehead atoms. The van der Waals surface area contributed by atoms with Crippen molar-refractivity contribution in [3.05, 3.63) is 29.5 Å². The Bertz CT molecular complexity index is 550.